The molecule has 1 aromatic heterocycles. The van der Waals surface area contributed by atoms with Gasteiger partial charge in [0, 0.05) is 18.9 Å². The molecule has 0 aliphatic heterocycles. The monoisotopic (exact) mass is 260 g/mol. The summed E-state index contributed by atoms with van der Waals surface area (Å²) < 4.78 is 7.18. The molecule has 6 nitrogen and oxygen atoms in total. The number of carbonyl (C=O) groups excluding carboxylic acids is 1. The van der Waals surface area contributed by atoms with E-state index in [1.165, 1.54) is 0 Å². The quantitative estimate of drug-likeness (QED) is 0.615. The Balaban J connectivity index is 1.72. The first-order chi connectivity index (χ1) is 9.15. The zero-order valence-electron chi connectivity index (χ0n) is 10.7. The molecule has 100 valence electrons. The van der Waals surface area contributed by atoms with Gasteiger partial charge in [-0.1, -0.05) is 0 Å². The Morgan fingerprint density at radius 1 is 1.42 bits per heavy atom. The van der Waals surface area contributed by atoms with Crippen molar-refractivity contribution in [3.8, 4) is 5.75 Å². The number of hydrogen-bond donors (Lipinski definition) is 2. The van der Waals surface area contributed by atoms with E-state index in [0.29, 0.717) is 24.5 Å². The molecule has 1 heterocycles. The summed E-state index contributed by atoms with van der Waals surface area (Å²) in [4.78, 5) is 15.6. The molecule has 0 unspecified atom stereocenters. The molecule has 2 rings (SSSR count). The molecular weight excluding hydrogens is 244 g/mol. The Labute approximate surface area is 111 Å². The van der Waals surface area contributed by atoms with Crippen molar-refractivity contribution in [2.75, 3.05) is 18.9 Å². The summed E-state index contributed by atoms with van der Waals surface area (Å²) in [7, 11) is 1.81. The lowest BCUT2D eigenvalue weighted by molar-refractivity contribution is 0.0942. The Morgan fingerprint density at radius 3 is 2.79 bits per heavy atom. The van der Waals surface area contributed by atoms with Crippen molar-refractivity contribution in [1.82, 2.24) is 14.9 Å². The highest BCUT2D eigenvalue weighted by molar-refractivity contribution is 5.91. The minimum absolute atomic E-state index is 0.207. The van der Waals surface area contributed by atoms with Crippen LogP contribution in [0.15, 0.2) is 36.8 Å². The molecule has 1 amide bonds. The Morgan fingerprint density at radius 2 is 2.16 bits per heavy atom. The highest BCUT2D eigenvalue weighted by Crippen LogP contribution is 2.12. The lowest BCUT2D eigenvalue weighted by Gasteiger charge is -2.07. The van der Waals surface area contributed by atoms with Gasteiger partial charge in [-0.25, -0.2) is 4.98 Å². The van der Waals surface area contributed by atoms with Crippen molar-refractivity contribution >= 4 is 11.6 Å². The van der Waals surface area contributed by atoms with Gasteiger partial charge in [0.15, 0.2) is 0 Å². The summed E-state index contributed by atoms with van der Waals surface area (Å²) in [6, 6.07) is 7.11. The van der Waals surface area contributed by atoms with E-state index in [4.69, 9.17) is 10.5 Å². The van der Waals surface area contributed by atoms with Crippen LogP contribution in [0.3, 0.4) is 0 Å². The summed E-state index contributed by atoms with van der Waals surface area (Å²) in [5.41, 5.74) is 6.65. The second-order valence-corrected chi connectivity index (χ2v) is 4.10. The number of hydrogen-bond acceptors (Lipinski definition) is 4. The average molecular weight is 260 g/mol. The Bertz CT molecular complexity index is 548. The van der Waals surface area contributed by atoms with Crippen molar-refractivity contribution in [2.45, 2.75) is 0 Å². The Kier molecular flexibility index (Phi) is 4.02. The van der Waals surface area contributed by atoms with Crippen LogP contribution in [0.25, 0.3) is 0 Å². The van der Waals surface area contributed by atoms with Crippen LogP contribution < -0.4 is 15.8 Å². The second kappa shape index (κ2) is 5.90. The van der Waals surface area contributed by atoms with Gasteiger partial charge in [-0.2, -0.15) is 0 Å². The molecule has 0 atom stereocenters. The standard InChI is InChI=1S/C13H16N4O2/c1-17-8-12(16-9-17)13(18)15-6-7-19-11-4-2-10(14)3-5-11/h2-5,8-9H,6-7,14H2,1H3,(H,15,18). The smallest absolute Gasteiger partial charge is 0.271 e. The number of aromatic nitrogens is 2. The van der Waals surface area contributed by atoms with Crippen LogP contribution in [0.5, 0.6) is 5.75 Å². The van der Waals surface area contributed by atoms with E-state index in [-0.39, 0.29) is 5.91 Å². The number of amides is 1. The minimum atomic E-state index is -0.207. The number of rotatable bonds is 5. The first-order valence-electron chi connectivity index (χ1n) is 5.89. The van der Waals surface area contributed by atoms with Gasteiger partial charge < -0.3 is 20.4 Å². The second-order valence-electron chi connectivity index (χ2n) is 4.10. The van der Waals surface area contributed by atoms with Gasteiger partial charge in [0.1, 0.15) is 18.1 Å². The van der Waals surface area contributed by atoms with E-state index in [1.54, 1.807) is 41.4 Å². The highest BCUT2D eigenvalue weighted by Gasteiger charge is 2.07. The van der Waals surface area contributed by atoms with E-state index in [9.17, 15) is 4.79 Å². The van der Waals surface area contributed by atoms with Crippen LogP contribution >= 0.6 is 0 Å². The minimum Gasteiger partial charge on any atom is -0.492 e. The van der Waals surface area contributed by atoms with Gasteiger partial charge in [0.25, 0.3) is 5.91 Å². The summed E-state index contributed by atoms with van der Waals surface area (Å²) in [6.45, 7) is 0.808. The molecule has 0 spiro atoms. The fourth-order valence-electron chi connectivity index (χ4n) is 1.52. The molecule has 6 heteroatoms. The number of nitrogen functional groups attached to an aromatic ring is 1. The molecule has 19 heavy (non-hydrogen) atoms. The van der Waals surface area contributed by atoms with Gasteiger partial charge in [-0.15, -0.1) is 0 Å². The number of carbonyl (C=O) groups is 1. The molecule has 0 fully saturated rings. The summed E-state index contributed by atoms with van der Waals surface area (Å²) in [5, 5.41) is 2.73. The van der Waals surface area contributed by atoms with Crippen LogP contribution in [-0.4, -0.2) is 28.6 Å². The van der Waals surface area contributed by atoms with Crippen molar-refractivity contribution in [3.63, 3.8) is 0 Å². The molecule has 0 radical (unpaired) electrons. The molecule has 1 aromatic carbocycles. The third kappa shape index (κ3) is 3.74. The average Bonchev–Trinajstić information content (AvgIpc) is 2.83. The third-order valence-corrected chi connectivity index (χ3v) is 2.47. The fourth-order valence-corrected chi connectivity index (χ4v) is 1.52. The Hall–Kier alpha value is -2.50. The van der Waals surface area contributed by atoms with Gasteiger partial charge in [-0.05, 0) is 24.3 Å². The van der Waals surface area contributed by atoms with Crippen LogP contribution in [0.2, 0.25) is 0 Å². The molecule has 0 aliphatic rings. The maximum Gasteiger partial charge on any atom is 0.271 e. The highest BCUT2D eigenvalue weighted by atomic mass is 16.5. The number of aryl methyl sites for hydroxylation is 1. The van der Waals surface area contributed by atoms with E-state index in [0.717, 1.165) is 5.75 Å². The van der Waals surface area contributed by atoms with Crippen molar-refractivity contribution in [3.05, 3.63) is 42.5 Å². The maximum atomic E-state index is 11.7. The van der Waals surface area contributed by atoms with E-state index >= 15 is 0 Å². The SMILES string of the molecule is Cn1cnc(C(=O)NCCOc2ccc(N)cc2)c1. The zero-order chi connectivity index (χ0) is 13.7. The van der Waals surface area contributed by atoms with Crippen molar-refractivity contribution < 1.29 is 9.53 Å². The van der Waals surface area contributed by atoms with Crippen LogP contribution in [0.1, 0.15) is 10.5 Å². The molecule has 0 saturated heterocycles. The maximum absolute atomic E-state index is 11.7. The topological polar surface area (TPSA) is 82.2 Å². The van der Waals surface area contributed by atoms with Gasteiger partial charge in [0.2, 0.25) is 0 Å². The number of nitrogens with zero attached hydrogens (tertiary/aromatic N) is 2. The number of nitrogens with two attached hydrogens (primary N) is 1. The van der Waals surface area contributed by atoms with E-state index < -0.39 is 0 Å². The summed E-state index contributed by atoms with van der Waals surface area (Å²) >= 11 is 0. The lowest BCUT2D eigenvalue weighted by atomic mass is 10.3. The third-order valence-electron chi connectivity index (χ3n) is 2.47. The van der Waals surface area contributed by atoms with Crippen LogP contribution in [-0.2, 0) is 7.05 Å². The molecule has 2 aromatic rings. The van der Waals surface area contributed by atoms with Gasteiger partial charge in [0.05, 0.1) is 12.9 Å². The number of nitrogens with one attached hydrogen (secondary N) is 1. The molecule has 0 bridgehead atoms. The fraction of sp³-hybridized carbons (Fsp3) is 0.231. The number of ether oxygens (including phenoxy) is 1. The first-order valence-corrected chi connectivity index (χ1v) is 5.89. The first kappa shape index (κ1) is 12.9. The van der Waals surface area contributed by atoms with Crippen LogP contribution in [0.4, 0.5) is 5.69 Å². The van der Waals surface area contributed by atoms with Gasteiger partial charge >= 0.3 is 0 Å². The summed E-state index contributed by atoms with van der Waals surface area (Å²) in [6.07, 6.45) is 3.25. The summed E-state index contributed by atoms with van der Waals surface area (Å²) in [5.74, 6) is 0.516. The number of imidazole rings is 1. The number of anilines is 1. The van der Waals surface area contributed by atoms with Gasteiger partial charge in [-0.3, -0.25) is 4.79 Å². The molecule has 0 aliphatic carbocycles. The molecular formula is C13H16N4O2. The van der Waals surface area contributed by atoms with Crippen LogP contribution in [0, 0.1) is 0 Å². The molecule has 0 saturated carbocycles. The normalized spacial score (nSPS) is 10.2. The molecule has 3 N–H and O–H groups in total. The van der Waals surface area contributed by atoms with E-state index in [2.05, 4.69) is 10.3 Å². The predicted molar refractivity (Wildman–Crippen MR) is 71.9 cm³/mol. The van der Waals surface area contributed by atoms with E-state index in [1.807, 2.05) is 7.05 Å². The lowest BCUT2D eigenvalue weighted by Crippen LogP contribution is -2.28. The predicted octanol–water partition coefficient (Wildman–Crippen LogP) is 0.811. The van der Waals surface area contributed by atoms with Crippen molar-refractivity contribution in [2.24, 2.45) is 7.05 Å². The number of benzene rings is 1. The van der Waals surface area contributed by atoms with Crippen molar-refractivity contribution in [1.29, 1.82) is 0 Å². The largest absolute Gasteiger partial charge is 0.492 e. The zero-order valence-corrected chi connectivity index (χ0v) is 10.7.